The van der Waals surface area contributed by atoms with E-state index in [-0.39, 0.29) is 12.1 Å². The van der Waals surface area contributed by atoms with Gasteiger partial charge in [-0.25, -0.2) is 4.79 Å². The monoisotopic (exact) mass is 280 g/mol. The van der Waals surface area contributed by atoms with E-state index in [0.717, 1.165) is 11.1 Å². The Labute approximate surface area is 123 Å². The molecule has 2 aromatic rings. The maximum Gasteiger partial charge on any atom is 0.319 e. The average molecular weight is 280 g/mol. The number of benzene rings is 1. The summed E-state index contributed by atoms with van der Waals surface area (Å²) < 4.78 is 0. The lowest BCUT2D eigenvalue weighted by Crippen LogP contribution is -2.31. The summed E-state index contributed by atoms with van der Waals surface area (Å²) in [6.07, 6.45) is 3.37. The van der Waals surface area contributed by atoms with Crippen molar-refractivity contribution in [3.63, 3.8) is 0 Å². The minimum Gasteiger partial charge on any atom is -0.331 e. The average Bonchev–Trinajstić information content (AvgIpc) is 2.50. The molecule has 1 aromatic carbocycles. The van der Waals surface area contributed by atoms with Crippen LogP contribution in [0.2, 0.25) is 0 Å². The highest BCUT2D eigenvalue weighted by atomic mass is 16.2. The smallest absolute Gasteiger partial charge is 0.319 e. The van der Waals surface area contributed by atoms with Gasteiger partial charge in [0.05, 0.1) is 17.7 Å². The van der Waals surface area contributed by atoms with E-state index in [1.165, 1.54) is 0 Å². The number of rotatable bonds is 3. The number of hydrogen-bond donors (Lipinski definition) is 2. The summed E-state index contributed by atoms with van der Waals surface area (Å²) in [6.45, 7) is 3.77. The van der Waals surface area contributed by atoms with E-state index in [0.29, 0.717) is 11.3 Å². The van der Waals surface area contributed by atoms with Gasteiger partial charge in [0.1, 0.15) is 0 Å². The standard InChI is InChI=1S/C16H16N4O/c1-11-3-4-13(10-17)9-15(11)20-16(21)19-12(2)14-5-7-18-8-6-14/h3-9,12H,1-2H3,(H2,19,20,21). The van der Waals surface area contributed by atoms with Gasteiger partial charge in [0.25, 0.3) is 0 Å². The summed E-state index contributed by atoms with van der Waals surface area (Å²) in [4.78, 5) is 16.0. The number of nitriles is 1. The molecule has 0 saturated heterocycles. The fourth-order valence-corrected chi connectivity index (χ4v) is 1.92. The van der Waals surface area contributed by atoms with Gasteiger partial charge in [-0.05, 0) is 49.2 Å². The zero-order valence-electron chi connectivity index (χ0n) is 11.9. The first kappa shape index (κ1) is 14.5. The van der Waals surface area contributed by atoms with Gasteiger partial charge in [-0.3, -0.25) is 4.98 Å². The summed E-state index contributed by atoms with van der Waals surface area (Å²) >= 11 is 0. The quantitative estimate of drug-likeness (QED) is 0.906. The molecule has 106 valence electrons. The van der Waals surface area contributed by atoms with Crippen molar-refractivity contribution in [1.29, 1.82) is 5.26 Å². The molecule has 2 amide bonds. The zero-order valence-corrected chi connectivity index (χ0v) is 11.9. The molecule has 0 aliphatic carbocycles. The van der Waals surface area contributed by atoms with Crippen LogP contribution in [-0.4, -0.2) is 11.0 Å². The molecule has 0 aliphatic rings. The first-order valence-electron chi connectivity index (χ1n) is 6.58. The highest BCUT2D eigenvalue weighted by Crippen LogP contribution is 2.17. The summed E-state index contributed by atoms with van der Waals surface area (Å²) in [5, 5.41) is 14.5. The van der Waals surface area contributed by atoms with E-state index in [1.54, 1.807) is 30.6 Å². The van der Waals surface area contributed by atoms with Crippen LogP contribution in [-0.2, 0) is 0 Å². The van der Waals surface area contributed by atoms with Crippen LogP contribution in [0, 0.1) is 18.3 Å². The molecule has 1 unspecified atom stereocenters. The first-order chi connectivity index (χ1) is 10.1. The number of nitrogens with zero attached hydrogens (tertiary/aromatic N) is 2. The molecule has 0 bridgehead atoms. The highest BCUT2D eigenvalue weighted by molar-refractivity contribution is 5.90. The number of hydrogen-bond acceptors (Lipinski definition) is 3. The van der Waals surface area contributed by atoms with Crippen molar-refractivity contribution >= 4 is 11.7 Å². The lowest BCUT2D eigenvalue weighted by Gasteiger charge is -2.15. The molecule has 0 aliphatic heterocycles. The van der Waals surface area contributed by atoms with Crippen molar-refractivity contribution in [2.75, 3.05) is 5.32 Å². The van der Waals surface area contributed by atoms with Crippen LogP contribution in [0.5, 0.6) is 0 Å². The maximum atomic E-state index is 12.0. The molecule has 0 radical (unpaired) electrons. The third-order valence-corrected chi connectivity index (χ3v) is 3.17. The Morgan fingerprint density at radius 3 is 2.67 bits per heavy atom. The minimum atomic E-state index is -0.308. The van der Waals surface area contributed by atoms with E-state index in [4.69, 9.17) is 5.26 Å². The van der Waals surface area contributed by atoms with Crippen molar-refractivity contribution in [2.24, 2.45) is 0 Å². The zero-order chi connectivity index (χ0) is 15.2. The topological polar surface area (TPSA) is 77.8 Å². The third kappa shape index (κ3) is 3.80. The Hall–Kier alpha value is -2.87. The number of aryl methyl sites for hydroxylation is 1. The minimum absolute atomic E-state index is 0.132. The van der Waals surface area contributed by atoms with Gasteiger partial charge < -0.3 is 10.6 Å². The molecule has 1 atom stereocenters. The van der Waals surface area contributed by atoms with Crippen LogP contribution in [0.4, 0.5) is 10.5 Å². The van der Waals surface area contributed by atoms with Gasteiger partial charge in [-0.15, -0.1) is 0 Å². The van der Waals surface area contributed by atoms with E-state index in [9.17, 15) is 4.79 Å². The van der Waals surface area contributed by atoms with Gasteiger partial charge >= 0.3 is 6.03 Å². The van der Waals surface area contributed by atoms with Crippen LogP contribution >= 0.6 is 0 Å². The number of pyridine rings is 1. The largest absolute Gasteiger partial charge is 0.331 e. The summed E-state index contributed by atoms with van der Waals surface area (Å²) in [5.74, 6) is 0. The molecule has 2 rings (SSSR count). The summed E-state index contributed by atoms with van der Waals surface area (Å²) in [6, 6.07) is 10.5. The number of aromatic nitrogens is 1. The number of urea groups is 1. The second kappa shape index (κ2) is 6.53. The van der Waals surface area contributed by atoms with E-state index in [1.807, 2.05) is 26.0 Å². The Kier molecular flexibility index (Phi) is 4.52. The molecule has 0 spiro atoms. The van der Waals surface area contributed by atoms with Crippen molar-refractivity contribution in [3.8, 4) is 6.07 Å². The van der Waals surface area contributed by atoms with E-state index < -0.39 is 0 Å². The maximum absolute atomic E-state index is 12.0. The third-order valence-electron chi connectivity index (χ3n) is 3.17. The van der Waals surface area contributed by atoms with Crippen LogP contribution in [0.15, 0.2) is 42.7 Å². The van der Waals surface area contributed by atoms with Crippen molar-refractivity contribution < 1.29 is 4.79 Å². The summed E-state index contributed by atoms with van der Waals surface area (Å²) in [5.41, 5.74) is 3.02. The Balaban J connectivity index is 2.04. The van der Waals surface area contributed by atoms with Gasteiger partial charge in [-0.1, -0.05) is 6.07 Å². The molecular weight excluding hydrogens is 264 g/mol. The Morgan fingerprint density at radius 1 is 1.29 bits per heavy atom. The fourth-order valence-electron chi connectivity index (χ4n) is 1.92. The Morgan fingerprint density at radius 2 is 2.00 bits per heavy atom. The first-order valence-corrected chi connectivity index (χ1v) is 6.58. The molecule has 5 heteroatoms. The van der Waals surface area contributed by atoms with Crippen LogP contribution in [0.1, 0.15) is 29.7 Å². The fraction of sp³-hybridized carbons (Fsp3) is 0.188. The highest BCUT2D eigenvalue weighted by Gasteiger charge is 2.10. The normalized spacial score (nSPS) is 11.3. The number of nitrogens with one attached hydrogen (secondary N) is 2. The predicted molar refractivity (Wildman–Crippen MR) is 80.7 cm³/mol. The number of anilines is 1. The molecule has 0 saturated carbocycles. The molecule has 2 N–H and O–H groups in total. The number of amides is 2. The lowest BCUT2D eigenvalue weighted by atomic mass is 10.1. The molecule has 5 nitrogen and oxygen atoms in total. The number of carbonyl (C=O) groups excluding carboxylic acids is 1. The van der Waals surface area contributed by atoms with Crippen LogP contribution < -0.4 is 10.6 Å². The predicted octanol–water partition coefficient (Wildman–Crippen LogP) is 3.14. The van der Waals surface area contributed by atoms with E-state index in [2.05, 4.69) is 21.7 Å². The SMILES string of the molecule is Cc1ccc(C#N)cc1NC(=O)NC(C)c1ccncc1. The molecule has 0 fully saturated rings. The Bertz CT molecular complexity index is 676. The number of carbonyl (C=O) groups is 1. The molecule has 1 aromatic heterocycles. The van der Waals surface area contributed by atoms with Gasteiger partial charge in [-0.2, -0.15) is 5.26 Å². The molecular formula is C16H16N4O. The van der Waals surface area contributed by atoms with Gasteiger partial charge in [0.2, 0.25) is 0 Å². The lowest BCUT2D eigenvalue weighted by molar-refractivity contribution is 0.249. The van der Waals surface area contributed by atoms with Crippen molar-refractivity contribution in [2.45, 2.75) is 19.9 Å². The van der Waals surface area contributed by atoms with Gasteiger partial charge in [0.15, 0.2) is 0 Å². The van der Waals surface area contributed by atoms with Crippen molar-refractivity contribution in [1.82, 2.24) is 10.3 Å². The second-order valence-corrected chi connectivity index (χ2v) is 4.74. The second-order valence-electron chi connectivity index (χ2n) is 4.74. The van der Waals surface area contributed by atoms with Crippen LogP contribution in [0.3, 0.4) is 0 Å². The van der Waals surface area contributed by atoms with Crippen LogP contribution in [0.25, 0.3) is 0 Å². The van der Waals surface area contributed by atoms with Crippen molar-refractivity contribution in [3.05, 3.63) is 59.4 Å². The van der Waals surface area contributed by atoms with E-state index >= 15 is 0 Å². The molecule has 1 heterocycles. The van der Waals surface area contributed by atoms with Gasteiger partial charge in [0, 0.05) is 18.1 Å². The summed E-state index contributed by atoms with van der Waals surface area (Å²) in [7, 11) is 0. The molecule has 21 heavy (non-hydrogen) atoms.